The monoisotopic (exact) mass is 273 g/mol. The van der Waals surface area contributed by atoms with Crippen LogP contribution in [0.25, 0.3) is 0 Å². The van der Waals surface area contributed by atoms with Crippen LogP contribution in [0.2, 0.25) is 5.02 Å². The van der Waals surface area contributed by atoms with Crippen molar-refractivity contribution < 1.29 is 9.59 Å². The molecule has 0 fully saturated rings. The lowest BCUT2D eigenvalue weighted by Gasteiger charge is -2.06. The maximum absolute atomic E-state index is 11.3. The molecule has 1 aromatic rings. The molecule has 7 heteroatoms. The van der Waals surface area contributed by atoms with Gasteiger partial charge in [0.25, 0.3) is 0 Å². The molecule has 0 bridgehead atoms. The van der Waals surface area contributed by atoms with E-state index in [1.807, 2.05) is 0 Å². The van der Waals surface area contributed by atoms with Gasteiger partial charge in [0.05, 0.1) is 5.75 Å². The number of carbonyl (C=O) groups excluding carboxylic acids is 2. The van der Waals surface area contributed by atoms with Crippen molar-refractivity contribution in [2.24, 2.45) is 0 Å². The van der Waals surface area contributed by atoms with E-state index in [0.29, 0.717) is 10.7 Å². The Morgan fingerprint density at radius 1 is 1.41 bits per heavy atom. The minimum Gasteiger partial charge on any atom is -0.398 e. The molecule has 0 atom stereocenters. The number of benzene rings is 1. The van der Waals surface area contributed by atoms with Crippen LogP contribution in [0.5, 0.6) is 0 Å². The molecule has 0 spiro atoms. The van der Waals surface area contributed by atoms with E-state index in [1.54, 1.807) is 18.2 Å². The van der Waals surface area contributed by atoms with E-state index in [0.717, 1.165) is 4.90 Å². The van der Waals surface area contributed by atoms with Crippen molar-refractivity contribution in [1.82, 2.24) is 10.9 Å². The molecule has 1 aromatic carbocycles. The van der Waals surface area contributed by atoms with Crippen LogP contribution in [0, 0.1) is 0 Å². The van der Waals surface area contributed by atoms with E-state index in [4.69, 9.17) is 17.3 Å². The Morgan fingerprint density at radius 2 is 2.12 bits per heavy atom. The highest BCUT2D eigenvalue weighted by atomic mass is 35.5. The molecule has 0 unspecified atom stereocenters. The average molecular weight is 274 g/mol. The molecule has 4 N–H and O–H groups in total. The number of thioether (sulfide) groups is 1. The highest BCUT2D eigenvalue weighted by molar-refractivity contribution is 8.00. The van der Waals surface area contributed by atoms with Gasteiger partial charge in [-0.1, -0.05) is 11.6 Å². The van der Waals surface area contributed by atoms with Crippen molar-refractivity contribution in [1.29, 1.82) is 0 Å². The van der Waals surface area contributed by atoms with Gasteiger partial charge in [-0.2, -0.15) is 0 Å². The number of nitrogens with one attached hydrogen (secondary N) is 2. The van der Waals surface area contributed by atoms with Crippen LogP contribution >= 0.6 is 23.4 Å². The number of hydrazine groups is 1. The molecule has 0 aliphatic rings. The number of nitrogen functional groups attached to an aromatic ring is 1. The van der Waals surface area contributed by atoms with Crippen LogP contribution in [0.4, 0.5) is 5.69 Å². The number of rotatable bonds is 3. The summed E-state index contributed by atoms with van der Waals surface area (Å²) in [6.45, 7) is 1.31. The smallest absolute Gasteiger partial charge is 0.248 e. The minimum absolute atomic E-state index is 0.159. The number of anilines is 1. The van der Waals surface area contributed by atoms with Crippen LogP contribution in [-0.2, 0) is 9.59 Å². The molecule has 5 nitrogen and oxygen atoms in total. The third kappa shape index (κ3) is 4.97. The van der Waals surface area contributed by atoms with Crippen LogP contribution < -0.4 is 16.6 Å². The molecule has 0 saturated carbocycles. The normalized spacial score (nSPS) is 9.76. The van der Waals surface area contributed by atoms with E-state index in [1.165, 1.54) is 18.7 Å². The largest absolute Gasteiger partial charge is 0.398 e. The molecule has 92 valence electrons. The Morgan fingerprint density at radius 3 is 2.71 bits per heavy atom. The number of nitrogens with two attached hydrogens (primary N) is 1. The lowest BCUT2D eigenvalue weighted by molar-refractivity contribution is -0.126. The predicted octanol–water partition coefficient (Wildman–Crippen LogP) is 1.18. The summed E-state index contributed by atoms with van der Waals surface area (Å²) >= 11 is 7.02. The fraction of sp³-hybridized carbons (Fsp3) is 0.200. The first kappa shape index (κ1) is 13.7. The van der Waals surface area contributed by atoms with Crippen LogP contribution in [0.3, 0.4) is 0 Å². The molecule has 0 saturated heterocycles. The second-order valence-electron chi connectivity index (χ2n) is 3.20. The van der Waals surface area contributed by atoms with Gasteiger partial charge in [0.2, 0.25) is 11.8 Å². The maximum atomic E-state index is 11.3. The van der Waals surface area contributed by atoms with Gasteiger partial charge in [-0.05, 0) is 18.2 Å². The minimum atomic E-state index is -0.325. The van der Waals surface area contributed by atoms with Gasteiger partial charge >= 0.3 is 0 Å². The topological polar surface area (TPSA) is 84.2 Å². The molecule has 0 heterocycles. The van der Waals surface area contributed by atoms with Gasteiger partial charge in [0.15, 0.2) is 0 Å². The van der Waals surface area contributed by atoms with Crippen molar-refractivity contribution in [2.75, 3.05) is 11.5 Å². The van der Waals surface area contributed by atoms with Crippen molar-refractivity contribution in [3.05, 3.63) is 23.2 Å². The van der Waals surface area contributed by atoms with E-state index in [2.05, 4.69) is 10.9 Å². The molecule has 0 aliphatic heterocycles. The van der Waals surface area contributed by atoms with Gasteiger partial charge in [0, 0.05) is 22.5 Å². The SMILES string of the molecule is CC(=O)NNC(=O)CSc1ccc(Cl)cc1N. The Kier molecular flexibility index (Phi) is 5.11. The van der Waals surface area contributed by atoms with Gasteiger partial charge in [-0.15, -0.1) is 11.8 Å². The zero-order valence-corrected chi connectivity index (χ0v) is 10.7. The molecule has 0 aliphatic carbocycles. The first-order valence-corrected chi connectivity index (χ1v) is 6.08. The van der Waals surface area contributed by atoms with Crippen molar-refractivity contribution in [3.8, 4) is 0 Å². The van der Waals surface area contributed by atoms with Crippen molar-refractivity contribution in [3.63, 3.8) is 0 Å². The first-order valence-electron chi connectivity index (χ1n) is 4.72. The molecule has 1 rings (SSSR count). The first-order chi connectivity index (χ1) is 7.99. The molecule has 0 radical (unpaired) electrons. The van der Waals surface area contributed by atoms with E-state index >= 15 is 0 Å². The summed E-state index contributed by atoms with van der Waals surface area (Å²) < 4.78 is 0. The van der Waals surface area contributed by atoms with Gasteiger partial charge < -0.3 is 5.73 Å². The summed E-state index contributed by atoms with van der Waals surface area (Å²) in [6.07, 6.45) is 0. The van der Waals surface area contributed by atoms with Gasteiger partial charge in [0.1, 0.15) is 0 Å². The summed E-state index contributed by atoms with van der Waals surface area (Å²) in [7, 11) is 0. The molecular weight excluding hydrogens is 262 g/mol. The second-order valence-corrected chi connectivity index (χ2v) is 4.65. The second kappa shape index (κ2) is 6.36. The number of carbonyl (C=O) groups is 2. The summed E-state index contributed by atoms with van der Waals surface area (Å²) in [5.41, 5.74) is 10.7. The van der Waals surface area contributed by atoms with E-state index in [9.17, 15) is 9.59 Å². The molecule has 17 heavy (non-hydrogen) atoms. The van der Waals surface area contributed by atoms with E-state index in [-0.39, 0.29) is 17.6 Å². The van der Waals surface area contributed by atoms with Crippen molar-refractivity contribution >= 4 is 40.9 Å². The summed E-state index contributed by atoms with van der Waals surface area (Å²) in [6, 6.07) is 5.07. The Balaban J connectivity index is 2.44. The third-order valence-corrected chi connectivity index (χ3v) is 3.03. The highest BCUT2D eigenvalue weighted by Crippen LogP contribution is 2.27. The predicted molar refractivity (Wildman–Crippen MR) is 68.5 cm³/mol. The molecule has 0 aromatic heterocycles. The van der Waals surface area contributed by atoms with Gasteiger partial charge in [-0.25, -0.2) is 0 Å². The van der Waals surface area contributed by atoms with Gasteiger partial charge in [-0.3, -0.25) is 20.4 Å². The average Bonchev–Trinajstić information content (AvgIpc) is 2.25. The third-order valence-electron chi connectivity index (χ3n) is 1.71. The molecular formula is C10H12ClN3O2S. The summed E-state index contributed by atoms with van der Waals surface area (Å²) in [5, 5.41) is 0.551. The van der Waals surface area contributed by atoms with Crippen LogP contribution in [0.15, 0.2) is 23.1 Å². The van der Waals surface area contributed by atoms with Crippen LogP contribution in [-0.4, -0.2) is 17.6 Å². The highest BCUT2D eigenvalue weighted by Gasteiger charge is 2.05. The lowest BCUT2D eigenvalue weighted by atomic mass is 10.3. The summed E-state index contributed by atoms with van der Waals surface area (Å²) in [5.74, 6) is -0.472. The Labute approximate surface area is 108 Å². The Bertz CT molecular complexity index is 440. The number of amides is 2. The molecule has 2 amide bonds. The lowest BCUT2D eigenvalue weighted by Crippen LogP contribution is -2.41. The zero-order valence-electron chi connectivity index (χ0n) is 9.12. The quantitative estimate of drug-likeness (QED) is 0.439. The number of halogens is 1. The fourth-order valence-corrected chi connectivity index (χ4v) is 1.92. The number of hydrogen-bond donors (Lipinski definition) is 3. The fourth-order valence-electron chi connectivity index (χ4n) is 0.988. The Hall–Kier alpha value is -1.40. The maximum Gasteiger partial charge on any atom is 0.248 e. The zero-order chi connectivity index (χ0) is 12.8. The van der Waals surface area contributed by atoms with E-state index < -0.39 is 0 Å². The van der Waals surface area contributed by atoms with Crippen LogP contribution in [0.1, 0.15) is 6.92 Å². The summed E-state index contributed by atoms with van der Waals surface area (Å²) in [4.78, 5) is 22.6. The van der Waals surface area contributed by atoms with Crippen molar-refractivity contribution in [2.45, 2.75) is 11.8 Å². The standard InChI is InChI=1S/C10H12ClN3O2S/c1-6(15)13-14-10(16)5-17-9-3-2-7(11)4-8(9)12/h2-4H,5,12H2,1H3,(H,13,15)(H,14,16). The number of hydrogen-bond acceptors (Lipinski definition) is 4.